The van der Waals surface area contributed by atoms with Gasteiger partial charge in [-0.25, -0.2) is 0 Å². The Morgan fingerprint density at radius 1 is 0.824 bits per heavy atom. The summed E-state index contributed by atoms with van der Waals surface area (Å²) < 4.78 is 11.7. The smallest absolute Gasteiger partial charge is 0.161 e. The lowest BCUT2D eigenvalue weighted by Gasteiger charge is -2.28. The van der Waals surface area contributed by atoms with E-state index in [1.54, 1.807) is 7.11 Å². The van der Waals surface area contributed by atoms with Gasteiger partial charge in [-0.3, -0.25) is 4.90 Å². The molecule has 1 saturated heterocycles. The molecule has 0 saturated carbocycles. The fourth-order valence-corrected chi connectivity index (χ4v) is 4.63. The van der Waals surface area contributed by atoms with Crippen molar-refractivity contribution in [2.75, 3.05) is 26.7 Å². The number of hydrogen-bond acceptors (Lipinski definition) is 4. The fourth-order valence-electron chi connectivity index (χ4n) is 4.63. The van der Waals surface area contributed by atoms with Gasteiger partial charge in [0.15, 0.2) is 11.5 Å². The average Bonchev–Trinajstić information content (AvgIpc) is 2.91. The third-order valence-corrected chi connectivity index (χ3v) is 6.64. The van der Waals surface area contributed by atoms with Crippen LogP contribution in [0.25, 0.3) is 0 Å². The Kier molecular flexibility index (Phi) is 9.41. The minimum absolute atomic E-state index is 0.536. The summed E-state index contributed by atoms with van der Waals surface area (Å²) in [6.45, 7) is 4.75. The van der Waals surface area contributed by atoms with Gasteiger partial charge in [0.05, 0.1) is 7.11 Å². The Balaban J connectivity index is 1.39. The number of ether oxygens (including phenoxy) is 2. The Morgan fingerprint density at radius 2 is 1.59 bits per heavy atom. The molecule has 1 aliphatic heterocycles. The van der Waals surface area contributed by atoms with Crippen molar-refractivity contribution >= 4 is 0 Å². The highest BCUT2D eigenvalue weighted by Gasteiger charge is 2.16. The van der Waals surface area contributed by atoms with Gasteiger partial charge < -0.3 is 14.8 Å². The van der Waals surface area contributed by atoms with E-state index in [1.807, 2.05) is 18.2 Å². The number of nitrogens with zero attached hydrogens (tertiary/aromatic N) is 1. The summed E-state index contributed by atoms with van der Waals surface area (Å²) in [4.78, 5) is 2.59. The molecule has 0 amide bonds. The molecule has 0 bridgehead atoms. The number of piperidine rings is 1. The van der Waals surface area contributed by atoms with Crippen LogP contribution in [-0.2, 0) is 19.6 Å². The van der Waals surface area contributed by atoms with Gasteiger partial charge in [0, 0.05) is 19.1 Å². The first-order valence-electron chi connectivity index (χ1n) is 12.6. The zero-order valence-corrected chi connectivity index (χ0v) is 20.4. The van der Waals surface area contributed by atoms with Gasteiger partial charge >= 0.3 is 0 Å². The van der Waals surface area contributed by atoms with E-state index in [9.17, 15) is 0 Å². The largest absolute Gasteiger partial charge is 0.493 e. The van der Waals surface area contributed by atoms with Crippen LogP contribution in [0.4, 0.5) is 0 Å². The van der Waals surface area contributed by atoms with Gasteiger partial charge in [-0.1, -0.05) is 73.2 Å². The van der Waals surface area contributed by atoms with Crippen molar-refractivity contribution in [2.24, 2.45) is 0 Å². The topological polar surface area (TPSA) is 33.7 Å². The summed E-state index contributed by atoms with van der Waals surface area (Å²) in [6, 6.07) is 28.0. The number of nitrogens with one attached hydrogen (secondary N) is 1. The maximum atomic E-state index is 6.06. The van der Waals surface area contributed by atoms with Crippen molar-refractivity contribution in [2.45, 2.75) is 51.3 Å². The standard InChI is InChI=1S/C30H38N2O2/c1-33-30-22-27(15-16-29(30)34-24-26-12-6-3-7-13-26)23-32(20-17-25-10-4-2-5-11-25)21-18-28-14-8-9-19-31-28/h2-7,10-13,15-16,22,28,31H,8-9,14,17-21,23-24H2,1H3. The van der Waals surface area contributed by atoms with E-state index >= 15 is 0 Å². The first-order chi connectivity index (χ1) is 16.8. The molecule has 0 radical (unpaired) electrons. The molecule has 0 aliphatic carbocycles. The highest BCUT2D eigenvalue weighted by Crippen LogP contribution is 2.29. The molecule has 4 rings (SSSR count). The molecule has 180 valence electrons. The van der Waals surface area contributed by atoms with Crippen LogP contribution in [0.15, 0.2) is 78.9 Å². The van der Waals surface area contributed by atoms with Crippen LogP contribution < -0.4 is 14.8 Å². The number of hydrogen-bond donors (Lipinski definition) is 1. The Morgan fingerprint density at radius 3 is 2.29 bits per heavy atom. The van der Waals surface area contributed by atoms with E-state index < -0.39 is 0 Å². The van der Waals surface area contributed by atoms with Gasteiger partial charge in [0.2, 0.25) is 0 Å². The quantitative estimate of drug-likeness (QED) is 0.369. The van der Waals surface area contributed by atoms with Crippen LogP contribution in [0.2, 0.25) is 0 Å². The van der Waals surface area contributed by atoms with E-state index in [2.05, 4.69) is 70.9 Å². The molecule has 1 fully saturated rings. The third-order valence-electron chi connectivity index (χ3n) is 6.64. The molecule has 1 aliphatic rings. The van der Waals surface area contributed by atoms with Crippen molar-refractivity contribution in [3.8, 4) is 11.5 Å². The van der Waals surface area contributed by atoms with E-state index in [4.69, 9.17) is 9.47 Å². The second-order valence-electron chi connectivity index (χ2n) is 9.21. The summed E-state index contributed by atoms with van der Waals surface area (Å²) in [5, 5.41) is 3.70. The second kappa shape index (κ2) is 13.2. The van der Waals surface area contributed by atoms with Crippen molar-refractivity contribution < 1.29 is 9.47 Å². The van der Waals surface area contributed by atoms with Gasteiger partial charge in [0.25, 0.3) is 0 Å². The van der Waals surface area contributed by atoms with Crippen LogP contribution in [0.5, 0.6) is 11.5 Å². The van der Waals surface area contributed by atoms with E-state index in [0.717, 1.165) is 49.7 Å². The molecule has 3 aromatic carbocycles. The molecular weight excluding hydrogens is 420 g/mol. The summed E-state index contributed by atoms with van der Waals surface area (Å²) >= 11 is 0. The molecule has 3 aromatic rings. The minimum atomic E-state index is 0.536. The Bertz CT molecular complexity index is 972. The lowest BCUT2D eigenvalue weighted by Crippen LogP contribution is -2.37. The van der Waals surface area contributed by atoms with Crippen LogP contribution in [0, 0.1) is 0 Å². The molecule has 4 nitrogen and oxygen atoms in total. The highest BCUT2D eigenvalue weighted by atomic mass is 16.5. The lowest BCUT2D eigenvalue weighted by molar-refractivity contribution is 0.240. The average molecular weight is 459 g/mol. The molecule has 0 spiro atoms. The number of methoxy groups -OCH3 is 1. The van der Waals surface area contributed by atoms with Gasteiger partial charge in [-0.05, 0) is 67.6 Å². The van der Waals surface area contributed by atoms with Crippen molar-refractivity contribution in [3.63, 3.8) is 0 Å². The van der Waals surface area contributed by atoms with E-state index in [-0.39, 0.29) is 0 Å². The Labute approximate surface area is 204 Å². The molecule has 1 unspecified atom stereocenters. The molecule has 4 heteroatoms. The summed E-state index contributed by atoms with van der Waals surface area (Å²) in [7, 11) is 1.72. The van der Waals surface area contributed by atoms with Crippen LogP contribution in [-0.4, -0.2) is 37.7 Å². The van der Waals surface area contributed by atoms with Crippen LogP contribution >= 0.6 is 0 Å². The van der Waals surface area contributed by atoms with Crippen LogP contribution in [0.1, 0.15) is 42.4 Å². The van der Waals surface area contributed by atoms with Crippen molar-refractivity contribution in [3.05, 3.63) is 95.6 Å². The normalized spacial score (nSPS) is 15.9. The minimum Gasteiger partial charge on any atom is -0.493 e. The predicted molar refractivity (Wildman–Crippen MR) is 139 cm³/mol. The van der Waals surface area contributed by atoms with Gasteiger partial charge in [-0.15, -0.1) is 0 Å². The van der Waals surface area contributed by atoms with E-state index in [0.29, 0.717) is 12.6 Å². The fraction of sp³-hybridized carbons (Fsp3) is 0.400. The molecule has 1 heterocycles. The SMILES string of the molecule is COc1cc(CN(CCc2ccccc2)CCC2CCCCN2)ccc1OCc1ccccc1. The van der Waals surface area contributed by atoms with Crippen molar-refractivity contribution in [1.82, 2.24) is 10.2 Å². The van der Waals surface area contributed by atoms with Crippen LogP contribution in [0.3, 0.4) is 0 Å². The maximum Gasteiger partial charge on any atom is 0.161 e. The lowest BCUT2D eigenvalue weighted by atomic mass is 10.0. The predicted octanol–water partition coefficient (Wildman–Crippen LogP) is 5.85. The number of benzene rings is 3. The molecule has 0 aromatic heterocycles. The molecular formula is C30H38N2O2. The first kappa shape index (κ1) is 24.3. The second-order valence-corrected chi connectivity index (χ2v) is 9.21. The zero-order valence-electron chi connectivity index (χ0n) is 20.4. The zero-order chi connectivity index (χ0) is 23.4. The molecule has 34 heavy (non-hydrogen) atoms. The summed E-state index contributed by atoms with van der Waals surface area (Å²) in [5.74, 6) is 1.59. The van der Waals surface area contributed by atoms with Crippen molar-refractivity contribution in [1.29, 1.82) is 0 Å². The third kappa shape index (κ3) is 7.61. The van der Waals surface area contributed by atoms with Gasteiger partial charge in [-0.2, -0.15) is 0 Å². The monoisotopic (exact) mass is 458 g/mol. The van der Waals surface area contributed by atoms with E-state index in [1.165, 1.54) is 36.8 Å². The Hall–Kier alpha value is -2.82. The first-order valence-corrected chi connectivity index (χ1v) is 12.6. The maximum absolute atomic E-state index is 6.06. The van der Waals surface area contributed by atoms with Gasteiger partial charge in [0.1, 0.15) is 6.61 Å². The molecule has 1 N–H and O–H groups in total. The number of rotatable bonds is 12. The summed E-state index contributed by atoms with van der Waals surface area (Å²) in [6.07, 6.45) is 6.22. The summed E-state index contributed by atoms with van der Waals surface area (Å²) in [5.41, 5.74) is 3.80. The highest BCUT2D eigenvalue weighted by molar-refractivity contribution is 5.43. The molecule has 1 atom stereocenters.